The van der Waals surface area contributed by atoms with Crippen LogP contribution in [0.15, 0.2) is 18.2 Å². The molecule has 4 bridgehead atoms. The average Bonchev–Trinajstić information content (AvgIpc) is 2.55. The molecule has 4 fully saturated rings. The molecule has 3 saturated heterocycles. The van der Waals surface area contributed by atoms with Gasteiger partial charge in [-0.15, -0.1) is 0 Å². The van der Waals surface area contributed by atoms with Crippen LogP contribution in [0.1, 0.15) is 66.4 Å². The van der Waals surface area contributed by atoms with Gasteiger partial charge in [0.05, 0.1) is 0 Å². The second kappa shape index (κ2) is 7.67. The molecule has 170 valence electrons. The van der Waals surface area contributed by atoms with Gasteiger partial charge in [-0.1, -0.05) is 0 Å². The molecular weight excluding hydrogens is 414 g/mol. The summed E-state index contributed by atoms with van der Waals surface area (Å²) in [6.45, 7) is 22.7. The summed E-state index contributed by atoms with van der Waals surface area (Å²) in [5, 5.41) is 4.50. The zero-order valence-corrected chi connectivity index (χ0v) is 24.3. The van der Waals surface area contributed by atoms with Crippen LogP contribution in [0.25, 0.3) is 0 Å². The third kappa shape index (κ3) is 4.52. The van der Waals surface area contributed by atoms with Gasteiger partial charge in [0.15, 0.2) is 0 Å². The molecule has 4 aliphatic rings. The first kappa shape index (κ1) is 23.5. The fraction of sp³-hybridized carbons (Fsp3) is 0.778. The van der Waals surface area contributed by atoms with E-state index in [9.17, 15) is 0 Å². The van der Waals surface area contributed by atoms with Crippen molar-refractivity contribution >= 4 is 33.7 Å². The Kier molecular flexibility index (Phi) is 6.00. The maximum atomic E-state index is 2.82. The SMILES string of the molecule is CC(C)(C)P(Cc1ccc([Si](C)(C)C)cc1[PH]12CC3CC(CC(C3)C1)C2)C(C)(C)C. The maximum absolute atomic E-state index is 2.82. The molecular formula is C27H48P2Si. The average molecular weight is 463 g/mol. The first-order chi connectivity index (χ1) is 13.7. The third-order valence-corrected chi connectivity index (χ3v) is 20.2. The minimum absolute atomic E-state index is 0.0807. The van der Waals surface area contributed by atoms with Crippen molar-refractivity contribution in [3.05, 3.63) is 23.8 Å². The molecule has 0 radical (unpaired) electrons. The fourth-order valence-corrected chi connectivity index (χ4v) is 19.6. The summed E-state index contributed by atoms with van der Waals surface area (Å²) in [5.41, 5.74) is 1.79. The Labute approximate surface area is 190 Å². The van der Waals surface area contributed by atoms with Gasteiger partial charge in [-0.25, -0.2) is 0 Å². The van der Waals surface area contributed by atoms with E-state index in [1.807, 2.05) is 5.30 Å². The summed E-state index contributed by atoms with van der Waals surface area (Å²) >= 11 is 0. The molecule has 0 aromatic heterocycles. The van der Waals surface area contributed by atoms with E-state index < -0.39 is 15.3 Å². The van der Waals surface area contributed by atoms with E-state index in [-0.39, 0.29) is 7.92 Å². The number of rotatable bonds is 4. The molecule has 3 heteroatoms. The Morgan fingerprint density at radius 2 is 1.30 bits per heavy atom. The first-order valence-electron chi connectivity index (χ1n) is 12.6. The topological polar surface area (TPSA) is 0 Å². The number of hydrogen-bond donors (Lipinski definition) is 0. The van der Waals surface area contributed by atoms with Crippen LogP contribution in [0.4, 0.5) is 0 Å². The summed E-state index contributed by atoms with van der Waals surface area (Å²) in [6, 6.07) is 8.01. The molecule has 1 aliphatic carbocycles. The Morgan fingerprint density at radius 3 is 1.70 bits per heavy atom. The van der Waals surface area contributed by atoms with Crippen LogP contribution in [0.5, 0.6) is 0 Å². The monoisotopic (exact) mass is 462 g/mol. The Balaban J connectivity index is 1.80. The summed E-state index contributed by atoms with van der Waals surface area (Å²) in [5.74, 6) is 3.24. The van der Waals surface area contributed by atoms with Crippen LogP contribution >= 0.6 is 15.2 Å². The van der Waals surface area contributed by atoms with Gasteiger partial charge in [-0.3, -0.25) is 0 Å². The molecule has 3 aliphatic heterocycles. The van der Waals surface area contributed by atoms with Crippen molar-refractivity contribution in [2.24, 2.45) is 17.8 Å². The van der Waals surface area contributed by atoms with Crippen LogP contribution in [-0.2, 0) is 6.16 Å². The zero-order chi connectivity index (χ0) is 22.1. The van der Waals surface area contributed by atoms with E-state index >= 15 is 0 Å². The first-order valence-corrected chi connectivity index (χ1v) is 20.2. The van der Waals surface area contributed by atoms with Crippen molar-refractivity contribution in [2.45, 2.75) is 96.9 Å². The molecule has 5 rings (SSSR count). The Bertz CT molecular complexity index is 741. The van der Waals surface area contributed by atoms with E-state index in [2.05, 4.69) is 79.4 Å². The number of benzene rings is 1. The van der Waals surface area contributed by atoms with Crippen LogP contribution < -0.4 is 10.5 Å². The van der Waals surface area contributed by atoms with Crippen LogP contribution in [0.2, 0.25) is 19.6 Å². The van der Waals surface area contributed by atoms with E-state index in [4.69, 9.17) is 0 Å². The molecule has 3 heterocycles. The van der Waals surface area contributed by atoms with Crippen molar-refractivity contribution < 1.29 is 0 Å². The molecule has 0 amide bonds. The molecule has 0 spiro atoms. The number of hydrogen-bond acceptors (Lipinski definition) is 0. The van der Waals surface area contributed by atoms with Crippen molar-refractivity contribution in [1.29, 1.82) is 0 Å². The van der Waals surface area contributed by atoms with Gasteiger partial charge in [-0.2, -0.15) is 0 Å². The van der Waals surface area contributed by atoms with E-state index in [1.54, 1.807) is 48.5 Å². The van der Waals surface area contributed by atoms with Gasteiger partial charge in [0.1, 0.15) is 0 Å². The Hall–Kier alpha value is 0.297. The third-order valence-electron chi connectivity index (χ3n) is 8.53. The molecule has 1 aromatic rings. The van der Waals surface area contributed by atoms with Crippen molar-refractivity contribution in [2.75, 3.05) is 18.5 Å². The van der Waals surface area contributed by atoms with Crippen LogP contribution in [0, 0.1) is 17.8 Å². The molecule has 30 heavy (non-hydrogen) atoms. The molecule has 0 nitrogen and oxygen atoms in total. The molecule has 0 unspecified atom stereocenters. The van der Waals surface area contributed by atoms with Gasteiger partial charge in [-0.05, 0) is 0 Å². The quantitative estimate of drug-likeness (QED) is 0.327. The molecule has 0 atom stereocenters. The predicted molar refractivity (Wildman–Crippen MR) is 146 cm³/mol. The summed E-state index contributed by atoms with van der Waals surface area (Å²) < 4.78 is 0. The summed E-state index contributed by atoms with van der Waals surface area (Å²) in [6.07, 6.45) is 11.0. The standard InChI is InChI=1S/C27H48P2Si/c1-26(2,3)28(27(4,5)6)16-23-10-11-24(30(7,8)9)15-25(23)29-17-20-12-21(18-29)14-22(13-20)19-29/h10-11,15,20-22,29H,12-14,16-19H2,1-9H3. The van der Waals surface area contributed by atoms with Gasteiger partial charge in [0.2, 0.25) is 0 Å². The predicted octanol–water partition coefficient (Wildman–Crippen LogP) is 7.25. The second-order valence-electron chi connectivity index (χ2n) is 14.2. The van der Waals surface area contributed by atoms with Crippen molar-refractivity contribution in [1.82, 2.24) is 0 Å². The summed E-state index contributed by atoms with van der Waals surface area (Å²) in [7, 11) is -2.70. The Morgan fingerprint density at radius 1 is 0.833 bits per heavy atom. The van der Waals surface area contributed by atoms with Crippen LogP contribution in [0.3, 0.4) is 0 Å². The van der Waals surface area contributed by atoms with Crippen molar-refractivity contribution in [3.63, 3.8) is 0 Å². The second-order valence-corrected chi connectivity index (χ2v) is 27.5. The minimum atomic E-state index is -1.33. The fourth-order valence-electron chi connectivity index (χ4n) is 7.77. The normalized spacial score (nSPS) is 29.5. The van der Waals surface area contributed by atoms with E-state index in [1.165, 1.54) is 6.16 Å². The van der Waals surface area contributed by atoms with Gasteiger partial charge in [0, 0.05) is 0 Å². The van der Waals surface area contributed by atoms with Crippen molar-refractivity contribution in [3.8, 4) is 0 Å². The van der Waals surface area contributed by atoms with Gasteiger partial charge >= 0.3 is 191 Å². The zero-order valence-electron chi connectivity index (χ0n) is 21.4. The van der Waals surface area contributed by atoms with Gasteiger partial charge < -0.3 is 0 Å². The van der Waals surface area contributed by atoms with E-state index in [0.29, 0.717) is 10.3 Å². The molecule has 1 aromatic carbocycles. The summed E-state index contributed by atoms with van der Waals surface area (Å²) in [4.78, 5) is 0. The van der Waals surface area contributed by atoms with E-state index in [0.717, 1.165) is 17.8 Å². The van der Waals surface area contributed by atoms with Gasteiger partial charge in [0.25, 0.3) is 0 Å². The van der Waals surface area contributed by atoms with Crippen LogP contribution in [-0.4, -0.2) is 36.9 Å². The molecule has 1 saturated carbocycles. The molecule has 0 N–H and O–H groups in total.